The van der Waals surface area contributed by atoms with E-state index in [1.54, 1.807) is 6.07 Å². The van der Waals surface area contributed by atoms with E-state index in [-0.39, 0.29) is 18.0 Å². The standard InChI is InChI=1S/C20H22N2O2/c1-13(2)11-20-22-17(15-8-4-6-10-19(15)24-20)12-16(21-22)14-7-3-5-9-18(14)23/h3-10,13,17,20,23H,11-12H2,1-2H3/t17-,20+/m1/s1. The minimum absolute atomic E-state index is 0.0618. The molecule has 0 spiro atoms. The third kappa shape index (κ3) is 2.52. The van der Waals surface area contributed by atoms with Gasteiger partial charge < -0.3 is 9.84 Å². The van der Waals surface area contributed by atoms with Crippen molar-refractivity contribution in [3.63, 3.8) is 0 Å². The van der Waals surface area contributed by atoms with Gasteiger partial charge in [0.15, 0.2) is 6.23 Å². The van der Waals surface area contributed by atoms with Crippen molar-refractivity contribution >= 4 is 5.71 Å². The SMILES string of the molecule is CC(C)C[C@@H]1Oc2ccccc2[C@H]2CC(c3ccccc3O)=NN12. The fourth-order valence-electron chi connectivity index (χ4n) is 3.55. The number of benzene rings is 2. The molecule has 0 fully saturated rings. The maximum Gasteiger partial charge on any atom is 0.188 e. The number of hydrazone groups is 1. The molecule has 4 nitrogen and oxygen atoms in total. The maximum atomic E-state index is 10.2. The second kappa shape index (κ2) is 5.86. The van der Waals surface area contributed by atoms with Crippen molar-refractivity contribution in [2.75, 3.05) is 0 Å². The quantitative estimate of drug-likeness (QED) is 0.916. The fourth-order valence-corrected chi connectivity index (χ4v) is 3.55. The van der Waals surface area contributed by atoms with Gasteiger partial charge in [0.25, 0.3) is 0 Å². The van der Waals surface area contributed by atoms with Crippen molar-refractivity contribution in [1.29, 1.82) is 0 Å². The van der Waals surface area contributed by atoms with Crippen LogP contribution in [0.1, 0.15) is 43.9 Å². The minimum Gasteiger partial charge on any atom is -0.507 e. The number of rotatable bonds is 3. The summed E-state index contributed by atoms with van der Waals surface area (Å²) in [4.78, 5) is 0. The maximum absolute atomic E-state index is 10.2. The molecule has 2 aliphatic rings. The Kier molecular flexibility index (Phi) is 3.68. The van der Waals surface area contributed by atoms with Crippen molar-refractivity contribution in [3.05, 3.63) is 59.7 Å². The molecule has 0 unspecified atom stereocenters. The zero-order valence-electron chi connectivity index (χ0n) is 14.0. The van der Waals surface area contributed by atoms with Crippen LogP contribution in [0.4, 0.5) is 0 Å². The van der Waals surface area contributed by atoms with Crippen LogP contribution in [0.3, 0.4) is 0 Å². The van der Waals surface area contributed by atoms with E-state index in [0.717, 1.165) is 29.9 Å². The van der Waals surface area contributed by atoms with Crippen molar-refractivity contribution in [2.45, 2.75) is 39.0 Å². The smallest absolute Gasteiger partial charge is 0.188 e. The van der Waals surface area contributed by atoms with Gasteiger partial charge in [0, 0.05) is 24.0 Å². The fraction of sp³-hybridized carbons (Fsp3) is 0.350. The Balaban J connectivity index is 1.74. The van der Waals surface area contributed by atoms with Gasteiger partial charge in [-0.25, -0.2) is 0 Å². The number of phenolic OH excluding ortho intramolecular Hbond substituents is 1. The Labute approximate surface area is 142 Å². The lowest BCUT2D eigenvalue weighted by molar-refractivity contribution is -0.0291. The number of hydrogen-bond donors (Lipinski definition) is 1. The lowest BCUT2D eigenvalue weighted by Gasteiger charge is -2.38. The number of para-hydroxylation sites is 2. The Morgan fingerprint density at radius 2 is 1.92 bits per heavy atom. The van der Waals surface area contributed by atoms with Gasteiger partial charge >= 0.3 is 0 Å². The van der Waals surface area contributed by atoms with Gasteiger partial charge in [-0.05, 0) is 24.1 Å². The lowest BCUT2D eigenvalue weighted by atomic mass is 9.95. The van der Waals surface area contributed by atoms with Gasteiger partial charge in [0.05, 0.1) is 11.8 Å². The summed E-state index contributed by atoms with van der Waals surface area (Å²) < 4.78 is 6.23. The van der Waals surface area contributed by atoms with Crippen LogP contribution in [-0.4, -0.2) is 22.1 Å². The summed E-state index contributed by atoms with van der Waals surface area (Å²) in [5, 5.41) is 17.1. The number of hydrogen-bond acceptors (Lipinski definition) is 4. The highest BCUT2D eigenvalue weighted by Crippen LogP contribution is 2.44. The molecule has 2 aromatic rings. The van der Waals surface area contributed by atoms with E-state index >= 15 is 0 Å². The Morgan fingerprint density at radius 1 is 1.17 bits per heavy atom. The van der Waals surface area contributed by atoms with Gasteiger partial charge in [-0.3, -0.25) is 5.01 Å². The Hall–Kier alpha value is -2.49. The molecule has 2 atom stereocenters. The van der Waals surface area contributed by atoms with Crippen LogP contribution in [0.5, 0.6) is 11.5 Å². The van der Waals surface area contributed by atoms with Gasteiger partial charge in [-0.2, -0.15) is 5.10 Å². The highest BCUT2D eigenvalue weighted by atomic mass is 16.5. The largest absolute Gasteiger partial charge is 0.507 e. The molecule has 0 aromatic heterocycles. The predicted octanol–water partition coefficient (Wildman–Crippen LogP) is 4.31. The van der Waals surface area contributed by atoms with E-state index in [1.165, 1.54) is 5.56 Å². The number of fused-ring (bicyclic) bond motifs is 3. The second-order valence-electron chi connectivity index (χ2n) is 6.90. The lowest BCUT2D eigenvalue weighted by Crippen LogP contribution is -2.41. The molecular formula is C20H22N2O2. The van der Waals surface area contributed by atoms with Crippen LogP contribution in [0, 0.1) is 5.92 Å². The molecule has 0 saturated carbocycles. The van der Waals surface area contributed by atoms with Crippen LogP contribution in [0.25, 0.3) is 0 Å². The molecule has 2 aromatic carbocycles. The summed E-state index contributed by atoms with van der Waals surface area (Å²) >= 11 is 0. The number of phenols is 1. The zero-order valence-corrected chi connectivity index (χ0v) is 14.0. The molecule has 24 heavy (non-hydrogen) atoms. The third-order valence-corrected chi connectivity index (χ3v) is 4.67. The number of aromatic hydroxyl groups is 1. The first kappa shape index (κ1) is 15.1. The van der Waals surface area contributed by atoms with Gasteiger partial charge in [0.1, 0.15) is 11.5 Å². The summed E-state index contributed by atoms with van der Waals surface area (Å²) in [5.41, 5.74) is 2.91. The van der Waals surface area contributed by atoms with Crippen molar-refractivity contribution < 1.29 is 9.84 Å². The van der Waals surface area contributed by atoms with E-state index in [2.05, 4.69) is 24.9 Å². The molecule has 0 amide bonds. The van der Waals surface area contributed by atoms with E-state index < -0.39 is 0 Å². The van der Waals surface area contributed by atoms with E-state index in [1.807, 2.05) is 36.4 Å². The molecular weight excluding hydrogens is 300 g/mol. The highest BCUT2D eigenvalue weighted by molar-refractivity contribution is 6.04. The summed E-state index contributed by atoms with van der Waals surface area (Å²) in [6.45, 7) is 4.39. The van der Waals surface area contributed by atoms with Crippen LogP contribution >= 0.6 is 0 Å². The van der Waals surface area contributed by atoms with Gasteiger partial charge in [-0.1, -0.05) is 44.2 Å². The summed E-state index contributed by atoms with van der Waals surface area (Å²) in [6.07, 6.45) is 1.64. The molecule has 2 aliphatic heterocycles. The van der Waals surface area contributed by atoms with Crippen LogP contribution in [0.15, 0.2) is 53.6 Å². The van der Waals surface area contributed by atoms with Gasteiger partial charge in [-0.15, -0.1) is 0 Å². The molecule has 0 saturated heterocycles. The normalized spacial score (nSPS) is 22.0. The Bertz CT molecular complexity index is 785. The van der Waals surface area contributed by atoms with Crippen molar-refractivity contribution in [3.8, 4) is 11.5 Å². The van der Waals surface area contributed by atoms with E-state index in [9.17, 15) is 5.11 Å². The number of ether oxygens (including phenoxy) is 1. The molecule has 2 heterocycles. The molecule has 124 valence electrons. The Morgan fingerprint density at radius 3 is 2.71 bits per heavy atom. The molecule has 4 heteroatoms. The number of nitrogens with zero attached hydrogens (tertiary/aromatic N) is 2. The molecule has 4 rings (SSSR count). The van der Waals surface area contributed by atoms with Crippen LogP contribution < -0.4 is 4.74 Å². The molecule has 0 radical (unpaired) electrons. The van der Waals surface area contributed by atoms with Crippen LogP contribution in [0.2, 0.25) is 0 Å². The first-order valence-corrected chi connectivity index (χ1v) is 8.53. The summed E-state index contributed by atoms with van der Waals surface area (Å²) in [6, 6.07) is 15.8. The first-order valence-electron chi connectivity index (χ1n) is 8.53. The molecule has 0 bridgehead atoms. The summed E-state index contributed by atoms with van der Waals surface area (Å²) in [7, 11) is 0. The minimum atomic E-state index is -0.0618. The molecule has 0 aliphatic carbocycles. The first-order chi connectivity index (χ1) is 11.6. The monoisotopic (exact) mass is 322 g/mol. The van der Waals surface area contributed by atoms with Crippen molar-refractivity contribution in [1.82, 2.24) is 5.01 Å². The third-order valence-electron chi connectivity index (χ3n) is 4.67. The zero-order chi connectivity index (χ0) is 16.7. The highest BCUT2D eigenvalue weighted by Gasteiger charge is 2.40. The van der Waals surface area contributed by atoms with Gasteiger partial charge in [0.2, 0.25) is 0 Å². The van der Waals surface area contributed by atoms with Crippen molar-refractivity contribution in [2.24, 2.45) is 11.0 Å². The van der Waals surface area contributed by atoms with E-state index in [4.69, 9.17) is 9.84 Å². The average Bonchev–Trinajstić information content (AvgIpc) is 3.00. The topological polar surface area (TPSA) is 45.1 Å². The average molecular weight is 322 g/mol. The van der Waals surface area contributed by atoms with Crippen LogP contribution in [-0.2, 0) is 0 Å². The second-order valence-corrected chi connectivity index (χ2v) is 6.90. The van der Waals surface area contributed by atoms with E-state index in [0.29, 0.717) is 5.92 Å². The predicted molar refractivity (Wildman–Crippen MR) is 94.2 cm³/mol. The molecule has 1 N–H and O–H groups in total. The summed E-state index contributed by atoms with van der Waals surface area (Å²) in [5.74, 6) is 1.76.